The topological polar surface area (TPSA) is 56.7 Å². The number of hydrogen-bond acceptors (Lipinski definition) is 2. The molecule has 5 nitrogen and oxygen atoms in total. The van der Waals surface area contributed by atoms with E-state index >= 15 is 0 Å². The lowest BCUT2D eigenvalue weighted by Gasteiger charge is -2.34. The number of amides is 1. The Kier molecular flexibility index (Phi) is 11.3. The van der Waals surface area contributed by atoms with Crippen LogP contribution < -0.4 is 10.6 Å². The lowest BCUT2D eigenvalue weighted by Crippen LogP contribution is -2.46. The fourth-order valence-corrected chi connectivity index (χ4v) is 3.33. The molecule has 0 aliphatic carbocycles. The molecule has 1 fully saturated rings. The predicted octanol–water partition coefficient (Wildman–Crippen LogP) is 3.16. The fourth-order valence-electron chi connectivity index (χ4n) is 3.33. The van der Waals surface area contributed by atoms with Gasteiger partial charge in [-0.3, -0.25) is 9.79 Å². The number of hydrogen-bond donors (Lipinski definition) is 2. The third kappa shape index (κ3) is 8.55. The van der Waals surface area contributed by atoms with Crippen LogP contribution in [-0.2, 0) is 4.79 Å². The van der Waals surface area contributed by atoms with Crippen molar-refractivity contribution in [2.24, 2.45) is 10.9 Å². The standard InChI is InChI=1S/C19H38N4O/c1-4-5-6-7-8-9-10-13-22-19(21-3)23-14-11-17(12-15-23)16-18(24)20-2/h17H,4-16H2,1-3H3,(H,20,24)(H,21,22). The van der Waals surface area contributed by atoms with Crippen molar-refractivity contribution in [1.29, 1.82) is 0 Å². The van der Waals surface area contributed by atoms with E-state index in [2.05, 4.69) is 27.4 Å². The van der Waals surface area contributed by atoms with E-state index < -0.39 is 0 Å². The van der Waals surface area contributed by atoms with Crippen molar-refractivity contribution in [2.75, 3.05) is 33.7 Å². The van der Waals surface area contributed by atoms with Gasteiger partial charge in [0.15, 0.2) is 5.96 Å². The van der Waals surface area contributed by atoms with Gasteiger partial charge >= 0.3 is 0 Å². The molecule has 1 rings (SSSR count). The Balaban J connectivity index is 2.13. The van der Waals surface area contributed by atoms with E-state index in [1.165, 1.54) is 44.9 Å². The first kappa shape index (κ1) is 20.8. The van der Waals surface area contributed by atoms with E-state index in [1.807, 2.05) is 7.05 Å². The number of carbonyl (C=O) groups is 1. The molecule has 5 heteroatoms. The summed E-state index contributed by atoms with van der Waals surface area (Å²) >= 11 is 0. The summed E-state index contributed by atoms with van der Waals surface area (Å²) < 4.78 is 0. The zero-order valence-electron chi connectivity index (χ0n) is 16.1. The minimum Gasteiger partial charge on any atom is -0.359 e. The number of rotatable bonds is 10. The first-order chi connectivity index (χ1) is 11.7. The quantitative estimate of drug-likeness (QED) is 0.365. The van der Waals surface area contributed by atoms with Crippen LogP contribution in [0, 0.1) is 5.92 Å². The van der Waals surface area contributed by atoms with Crippen LogP contribution in [0.25, 0.3) is 0 Å². The maximum absolute atomic E-state index is 11.5. The number of unbranched alkanes of at least 4 members (excludes halogenated alkanes) is 6. The van der Waals surface area contributed by atoms with Gasteiger partial charge in [-0.15, -0.1) is 0 Å². The highest BCUT2D eigenvalue weighted by molar-refractivity contribution is 5.80. The summed E-state index contributed by atoms with van der Waals surface area (Å²) in [6.45, 7) is 5.27. The average molecular weight is 339 g/mol. The van der Waals surface area contributed by atoms with Gasteiger partial charge in [-0.1, -0.05) is 45.4 Å². The molecule has 0 spiro atoms. The number of likely N-dealkylation sites (tertiary alicyclic amines) is 1. The third-order valence-corrected chi connectivity index (χ3v) is 4.94. The summed E-state index contributed by atoms with van der Waals surface area (Å²) in [5.41, 5.74) is 0. The second-order valence-electron chi connectivity index (χ2n) is 6.90. The fraction of sp³-hybridized carbons (Fsp3) is 0.895. The van der Waals surface area contributed by atoms with E-state index in [0.717, 1.165) is 38.4 Å². The highest BCUT2D eigenvalue weighted by Crippen LogP contribution is 2.20. The molecule has 2 N–H and O–H groups in total. The zero-order chi connectivity index (χ0) is 17.6. The highest BCUT2D eigenvalue weighted by atomic mass is 16.1. The molecule has 0 aromatic rings. The first-order valence-electron chi connectivity index (χ1n) is 9.87. The van der Waals surface area contributed by atoms with Crippen LogP contribution in [0.3, 0.4) is 0 Å². The third-order valence-electron chi connectivity index (χ3n) is 4.94. The minimum absolute atomic E-state index is 0.162. The van der Waals surface area contributed by atoms with Crippen molar-refractivity contribution in [3.63, 3.8) is 0 Å². The van der Waals surface area contributed by atoms with E-state index in [1.54, 1.807) is 7.05 Å². The molecule has 1 amide bonds. The van der Waals surface area contributed by atoms with E-state index in [0.29, 0.717) is 12.3 Å². The molecule has 1 saturated heterocycles. The lowest BCUT2D eigenvalue weighted by molar-refractivity contribution is -0.121. The Morgan fingerprint density at radius 1 is 1.08 bits per heavy atom. The number of carbonyl (C=O) groups excluding carboxylic acids is 1. The molecule has 1 aliphatic heterocycles. The zero-order valence-corrected chi connectivity index (χ0v) is 16.1. The van der Waals surface area contributed by atoms with E-state index in [4.69, 9.17) is 0 Å². The summed E-state index contributed by atoms with van der Waals surface area (Å²) in [4.78, 5) is 18.2. The SMILES string of the molecule is CCCCCCCCCNC(=NC)N1CCC(CC(=O)NC)CC1. The van der Waals surface area contributed by atoms with Crippen LogP contribution in [0.4, 0.5) is 0 Å². The van der Waals surface area contributed by atoms with Crippen LogP contribution in [-0.4, -0.2) is 50.5 Å². The smallest absolute Gasteiger partial charge is 0.220 e. The molecule has 0 aromatic carbocycles. The summed E-state index contributed by atoms with van der Waals surface area (Å²) in [5, 5.41) is 6.23. The van der Waals surface area contributed by atoms with Crippen molar-refractivity contribution < 1.29 is 4.79 Å². The molecule has 1 aliphatic rings. The number of piperidine rings is 1. The molecular formula is C19H38N4O. The van der Waals surface area contributed by atoms with Gasteiger partial charge in [-0.2, -0.15) is 0 Å². The van der Waals surface area contributed by atoms with Gasteiger partial charge in [-0.25, -0.2) is 0 Å². The van der Waals surface area contributed by atoms with E-state index in [9.17, 15) is 4.79 Å². The van der Waals surface area contributed by atoms with Crippen LogP contribution in [0.1, 0.15) is 71.1 Å². The van der Waals surface area contributed by atoms with Gasteiger partial charge < -0.3 is 15.5 Å². The molecule has 24 heavy (non-hydrogen) atoms. The summed E-state index contributed by atoms with van der Waals surface area (Å²) in [6, 6.07) is 0. The van der Waals surface area contributed by atoms with Crippen LogP contribution in [0.15, 0.2) is 4.99 Å². The second kappa shape index (κ2) is 13.1. The van der Waals surface area contributed by atoms with Crippen molar-refractivity contribution >= 4 is 11.9 Å². The van der Waals surface area contributed by atoms with E-state index in [-0.39, 0.29) is 5.91 Å². The lowest BCUT2D eigenvalue weighted by atomic mass is 9.93. The molecule has 0 bridgehead atoms. The van der Waals surface area contributed by atoms with Crippen molar-refractivity contribution in [2.45, 2.75) is 71.1 Å². The highest BCUT2D eigenvalue weighted by Gasteiger charge is 2.22. The monoisotopic (exact) mass is 338 g/mol. The molecule has 0 unspecified atom stereocenters. The molecule has 0 atom stereocenters. The van der Waals surface area contributed by atoms with Crippen molar-refractivity contribution in [3.05, 3.63) is 0 Å². The largest absolute Gasteiger partial charge is 0.359 e. The summed E-state index contributed by atoms with van der Waals surface area (Å²) in [5.74, 6) is 1.71. The Bertz CT molecular complexity index is 362. The molecule has 0 radical (unpaired) electrons. The Morgan fingerprint density at radius 3 is 2.29 bits per heavy atom. The second-order valence-corrected chi connectivity index (χ2v) is 6.90. The van der Waals surface area contributed by atoms with Gasteiger partial charge in [0.05, 0.1) is 0 Å². The van der Waals surface area contributed by atoms with Crippen LogP contribution in [0.5, 0.6) is 0 Å². The predicted molar refractivity (Wildman–Crippen MR) is 102 cm³/mol. The van der Waals surface area contributed by atoms with Gasteiger partial charge in [0.1, 0.15) is 0 Å². The molecule has 0 saturated carbocycles. The number of guanidine groups is 1. The normalized spacial score (nSPS) is 16.3. The number of aliphatic imine (C=N–C) groups is 1. The van der Waals surface area contributed by atoms with Crippen molar-refractivity contribution in [3.8, 4) is 0 Å². The van der Waals surface area contributed by atoms with Gasteiger partial charge in [0, 0.05) is 40.2 Å². The number of nitrogens with zero attached hydrogens (tertiary/aromatic N) is 2. The molecule has 140 valence electrons. The Labute approximate surface area is 148 Å². The molecule has 0 aromatic heterocycles. The maximum Gasteiger partial charge on any atom is 0.220 e. The first-order valence-corrected chi connectivity index (χ1v) is 9.87. The summed E-state index contributed by atoms with van der Waals surface area (Å²) in [7, 11) is 3.58. The minimum atomic E-state index is 0.162. The van der Waals surface area contributed by atoms with Gasteiger partial charge in [0.2, 0.25) is 5.91 Å². The molecule has 1 heterocycles. The van der Waals surface area contributed by atoms with Gasteiger partial charge in [0.25, 0.3) is 0 Å². The van der Waals surface area contributed by atoms with Crippen molar-refractivity contribution in [1.82, 2.24) is 15.5 Å². The average Bonchev–Trinajstić information content (AvgIpc) is 2.61. The van der Waals surface area contributed by atoms with Gasteiger partial charge in [-0.05, 0) is 25.2 Å². The van der Waals surface area contributed by atoms with Crippen LogP contribution >= 0.6 is 0 Å². The maximum atomic E-state index is 11.5. The Morgan fingerprint density at radius 2 is 1.71 bits per heavy atom. The van der Waals surface area contributed by atoms with Crippen LogP contribution in [0.2, 0.25) is 0 Å². The molecular weight excluding hydrogens is 300 g/mol. The summed E-state index contributed by atoms with van der Waals surface area (Å²) in [6.07, 6.45) is 12.1. The number of nitrogens with one attached hydrogen (secondary N) is 2. The Hall–Kier alpha value is -1.26.